The molecule has 0 bridgehead atoms. The van der Waals surface area contributed by atoms with E-state index in [4.69, 9.17) is 5.11 Å². The number of hydrogen-bond acceptors (Lipinski definition) is 6. The van der Waals surface area contributed by atoms with Crippen LogP contribution in [0.4, 0.5) is 11.4 Å². The first-order valence-corrected chi connectivity index (χ1v) is 5.21. The fourth-order valence-corrected chi connectivity index (χ4v) is 1.40. The van der Waals surface area contributed by atoms with E-state index < -0.39 is 44.7 Å². The first kappa shape index (κ1) is 15.0. The second kappa shape index (κ2) is 5.73. The zero-order valence-corrected chi connectivity index (χ0v) is 10.1. The Morgan fingerprint density at radius 1 is 1.20 bits per heavy atom. The molecule has 1 amide bonds. The minimum atomic E-state index is -1.38. The van der Waals surface area contributed by atoms with Crippen molar-refractivity contribution in [1.29, 1.82) is 0 Å². The number of nitro groups is 2. The summed E-state index contributed by atoms with van der Waals surface area (Å²) in [5.41, 5.74) is -2.32. The number of nitrogens with one attached hydrogen (secondary N) is 1. The number of aliphatic carboxylic acids is 1. The van der Waals surface area contributed by atoms with Crippen LogP contribution in [0, 0.1) is 20.2 Å². The van der Waals surface area contributed by atoms with E-state index in [1.807, 2.05) is 5.32 Å². The number of carbonyl (C=O) groups is 2. The van der Waals surface area contributed by atoms with Crippen molar-refractivity contribution >= 4 is 23.3 Å². The van der Waals surface area contributed by atoms with Crippen molar-refractivity contribution < 1.29 is 24.5 Å². The molecule has 2 N–H and O–H groups in total. The predicted molar refractivity (Wildman–Crippen MR) is 64.3 cm³/mol. The Morgan fingerprint density at radius 2 is 1.65 bits per heavy atom. The van der Waals surface area contributed by atoms with Gasteiger partial charge in [0.05, 0.1) is 9.85 Å². The summed E-state index contributed by atoms with van der Waals surface area (Å²) in [6.07, 6.45) is 0. The summed E-state index contributed by atoms with van der Waals surface area (Å²) in [6, 6.07) is 1.57. The molecule has 0 saturated carbocycles. The third-order valence-corrected chi connectivity index (χ3v) is 2.36. The molecule has 106 valence electrons. The molecule has 0 saturated heterocycles. The van der Waals surface area contributed by atoms with E-state index in [0.29, 0.717) is 0 Å². The van der Waals surface area contributed by atoms with Gasteiger partial charge in [-0.1, -0.05) is 0 Å². The Hall–Kier alpha value is -3.04. The van der Waals surface area contributed by atoms with Gasteiger partial charge < -0.3 is 10.4 Å². The number of amides is 1. The molecule has 1 atom stereocenters. The molecule has 1 aromatic rings. The second-order valence-corrected chi connectivity index (χ2v) is 3.72. The first-order chi connectivity index (χ1) is 9.25. The number of nitrogens with zero attached hydrogens (tertiary/aromatic N) is 2. The maximum Gasteiger partial charge on any atom is 0.325 e. The lowest BCUT2D eigenvalue weighted by Crippen LogP contribution is -2.38. The van der Waals surface area contributed by atoms with Crippen LogP contribution in [-0.4, -0.2) is 32.9 Å². The summed E-state index contributed by atoms with van der Waals surface area (Å²) in [4.78, 5) is 42.2. The van der Waals surface area contributed by atoms with Crippen molar-refractivity contribution in [3.63, 3.8) is 0 Å². The van der Waals surface area contributed by atoms with Crippen LogP contribution < -0.4 is 5.32 Å². The second-order valence-electron chi connectivity index (χ2n) is 3.72. The summed E-state index contributed by atoms with van der Waals surface area (Å²) in [5, 5.41) is 32.2. The van der Waals surface area contributed by atoms with Crippen LogP contribution in [0.25, 0.3) is 0 Å². The maximum absolute atomic E-state index is 11.8. The first-order valence-electron chi connectivity index (χ1n) is 5.21. The number of carboxylic acids is 1. The monoisotopic (exact) mass is 283 g/mol. The highest BCUT2D eigenvalue weighted by Crippen LogP contribution is 2.27. The summed E-state index contributed by atoms with van der Waals surface area (Å²) in [6.45, 7) is 1.13. The van der Waals surface area contributed by atoms with E-state index >= 15 is 0 Å². The smallest absolute Gasteiger partial charge is 0.325 e. The summed E-state index contributed by atoms with van der Waals surface area (Å²) in [7, 11) is 0. The van der Waals surface area contributed by atoms with Gasteiger partial charge in [-0.15, -0.1) is 0 Å². The van der Waals surface area contributed by atoms with Gasteiger partial charge in [0.2, 0.25) is 0 Å². The van der Waals surface area contributed by atoms with Crippen molar-refractivity contribution in [2.75, 3.05) is 0 Å². The lowest BCUT2D eigenvalue weighted by molar-refractivity contribution is -0.394. The zero-order chi connectivity index (χ0) is 15.4. The number of hydrogen-bond donors (Lipinski definition) is 2. The Bertz CT molecular complexity index is 566. The highest BCUT2D eigenvalue weighted by atomic mass is 16.6. The van der Waals surface area contributed by atoms with E-state index in [1.54, 1.807) is 0 Å². The van der Waals surface area contributed by atoms with Crippen LogP contribution in [0.5, 0.6) is 0 Å². The van der Waals surface area contributed by atoms with Crippen molar-refractivity contribution in [1.82, 2.24) is 5.32 Å². The molecule has 0 aliphatic rings. The van der Waals surface area contributed by atoms with Crippen LogP contribution in [0.3, 0.4) is 0 Å². The number of benzene rings is 1. The molecular weight excluding hydrogens is 274 g/mol. The van der Waals surface area contributed by atoms with Crippen molar-refractivity contribution in [3.8, 4) is 0 Å². The van der Waals surface area contributed by atoms with Crippen LogP contribution in [0.2, 0.25) is 0 Å². The number of carboxylic acid groups (broad SMARTS) is 1. The topological polar surface area (TPSA) is 153 Å². The van der Waals surface area contributed by atoms with E-state index in [1.165, 1.54) is 0 Å². The summed E-state index contributed by atoms with van der Waals surface area (Å²) in [5.74, 6) is -2.57. The number of carbonyl (C=O) groups excluding carboxylic acids is 1. The van der Waals surface area contributed by atoms with Gasteiger partial charge in [0.25, 0.3) is 17.3 Å². The molecule has 0 fully saturated rings. The largest absolute Gasteiger partial charge is 0.480 e. The van der Waals surface area contributed by atoms with Crippen LogP contribution in [0.15, 0.2) is 18.2 Å². The highest BCUT2D eigenvalue weighted by Gasteiger charge is 2.31. The third-order valence-electron chi connectivity index (χ3n) is 2.36. The van der Waals surface area contributed by atoms with Gasteiger partial charge in [-0.3, -0.25) is 29.8 Å². The Kier molecular flexibility index (Phi) is 4.31. The molecule has 0 spiro atoms. The number of rotatable bonds is 5. The minimum Gasteiger partial charge on any atom is -0.480 e. The quantitative estimate of drug-likeness (QED) is 0.595. The van der Waals surface area contributed by atoms with E-state index in [0.717, 1.165) is 25.1 Å². The molecule has 20 heavy (non-hydrogen) atoms. The molecule has 0 aliphatic heterocycles. The van der Waals surface area contributed by atoms with Crippen LogP contribution >= 0.6 is 0 Å². The lowest BCUT2D eigenvalue weighted by atomic mass is 10.1. The van der Waals surface area contributed by atoms with Crippen molar-refractivity contribution in [2.24, 2.45) is 0 Å². The van der Waals surface area contributed by atoms with Crippen LogP contribution in [0.1, 0.15) is 17.3 Å². The molecule has 10 heteroatoms. The summed E-state index contributed by atoms with van der Waals surface area (Å²) < 4.78 is 0. The molecule has 10 nitrogen and oxygen atoms in total. The normalized spacial score (nSPS) is 11.4. The van der Waals surface area contributed by atoms with Gasteiger partial charge in [0.1, 0.15) is 6.04 Å². The van der Waals surface area contributed by atoms with E-state index in [-0.39, 0.29) is 0 Å². The SMILES string of the molecule is CC(NC(=O)c1c([N+](=O)[O-])cccc1[N+](=O)[O-])C(=O)O. The highest BCUT2D eigenvalue weighted by molar-refractivity contribution is 6.03. The molecule has 0 radical (unpaired) electrons. The molecule has 1 unspecified atom stereocenters. The third kappa shape index (κ3) is 3.04. The Balaban J connectivity index is 3.33. The fourth-order valence-electron chi connectivity index (χ4n) is 1.40. The van der Waals surface area contributed by atoms with Gasteiger partial charge in [0.15, 0.2) is 5.56 Å². The standard InChI is InChI=1S/C10H9N3O7/c1-5(10(15)16)11-9(14)8-6(12(17)18)3-2-4-7(8)13(19)20/h2-5H,1H3,(H,11,14)(H,15,16). The maximum atomic E-state index is 11.8. The zero-order valence-electron chi connectivity index (χ0n) is 10.1. The van der Waals surface area contributed by atoms with Crippen LogP contribution in [-0.2, 0) is 4.79 Å². The van der Waals surface area contributed by atoms with Gasteiger partial charge in [-0.05, 0) is 13.0 Å². The summed E-state index contributed by atoms with van der Waals surface area (Å²) >= 11 is 0. The van der Waals surface area contributed by atoms with Crippen molar-refractivity contribution in [3.05, 3.63) is 44.0 Å². The molecule has 0 aromatic heterocycles. The van der Waals surface area contributed by atoms with Crippen molar-refractivity contribution in [2.45, 2.75) is 13.0 Å². The number of nitro benzene ring substituents is 2. The molecule has 1 aromatic carbocycles. The lowest BCUT2D eigenvalue weighted by Gasteiger charge is -2.09. The molecule has 0 heterocycles. The fraction of sp³-hybridized carbons (Fsp3) is 0.200. The minimum absolute atomic E-state index is 0.769. The van der Waals surface area contributed by atoms with Gasteiger partial charge in [-0.25, -0.2) is 0 Å². The average Bonchev–Trinajstić information content (AvgIpc) is 2.37. The van der Waals surface area contributed by atoms with E-state index in [9.17, 15) is 29.8 Å². The van der Waals surface area contributed by atoms with E-state index in [2.05, 4.69) is 0 Å². The Morgan fingerprint density at radius 3 is 2.00 bits per heavy atom. The van der Waals surface area contributed by atoms with Gasteiger partial charge in [0, 0.05) is 12.1 Å². The molecule has 1 rings (SSSR count). The predicted octanol–water partition coefficient (Wildman–Crippen LogP) is 0.706. The van der Waals surface area contributed by atoms with Gasteiger partial charge in [-0.2, -0.15) is 0 Å². The molecule has 0 aliphatic carbocycles. The van der Waals surface area contributed by atoms with Gasteiger partial charge >= 0.3 is 5.97 Å². The molecular formula is C10H9N3O7. The Labute approximate surface area is 111 Å². The average molecular weight is 283 g/mol.